The molecule has 1 heterocycles. The standard InChI is InChI=1S/C50H41NO/c1-4-12-37(13-5-1)46-47-44-19-11-10-18-42(44)43-25-22-39(29-45(43)49(47)52-48(46)38-14-6-2-7-15-38)36-20-23-41(24-21-36)51(40-16-8-3-9-17-40)50-30-33-26-34(31-50)28-35(27-33)32-50/h1-25,29,33-35H,26-28,30-32H2. The van der Waals surface area contributed by atoms with Crippen molar-refractivity contribution in [3.05, 3.63) is 158 Å². The third kappa shape index (κ3) is 4.70. The number of hydrogen-bond acceptors (Lipinski definition) is 2. The van der Waals surface area contributed by atoms with E-state index < -0.39 is 0 Å². The first-order valence-corrected chi connectivity index (χ1v) is 19.2. The van der Waals surface area contributed by atoms with Crippen LogP contribution in [0.2, 0.25) is 0 Å². The summed E-state index contributed by atoms with van der Waals surface area (Å²) in [4.78, 5) is 2.75. The molecule has 2 heteroatoms. The van der Waals surface area contributed by atoms with E-state index in [1.165, 1.54) is 88.1 Å². The van der Waals surface area contributed by atoms with Crippen LogP contribution in [0.3, 0.4) is 0 Å². The first kappa shape index (κ1) is 30.1. The Bertz CT molecular complexity index is 2550. The van der Waals surface area contributed by atoms with E-state index in [1.807, 2.05) is 0 Å². The molecule has 7 aromatic carbocycles. The van der Waals surface area contributed by atoms with E-state index in [-0.39, 0.29) is 5.54 Å². The van der Waals surface area contributed by atoms with Gasteiger partial charge in [-0.05, 0) is 119 Å². The highest BCUT2D eigenvalue weighted by atomic mass is 16.3. The summed E-state index contributed by atoms with van der Waals surface area (Å²) in [6, 6.07) is 57.7. The van der Waals surface area contributed by atoms with E-state index in [9.17, 15) is 0 Å². The minimum Gasteiger partial charge on any atom is -0.455 e. The van der Waals surface area contributed by atoms with Crippen molar-refractivity contribution in [1.29, 1.82) is 0 Å². The maximum atomic E-state index is 7.06. The SMILES string of the molecule is c1ccc(-c2oc3c4cc(-c5ccc(N(c6ccccc6)C67CC8CC(CC(C8)C6)C7)cc5)ccc4c4ccccc4c3c2-c2ccccc2)cc1. The Hall–Kier alpha value is -5.60. The number of rotatable bonds is 6. The van der Waals surface area contributed by atoms with Gasteiger partial charge in [-0.2, -0.15) is 0 Å². The lowest BCUT2D eigenvalue weighted by atomic mass is 9.52. The molecule has 0 saturated heterocycles. The molecule has 4 bridgehead atoms. The van der Waals surface area contributed by atoms with E-state index in [4.69, 9.17) is 4.42 Å². The minimum absolute atomic E-state index is 0.222. The van der Waals surface area contributed by atoms with Crippen LogP contribution >= 0.6 is 0 Å². The Balaban J connectivity index is 1.07. The zero-order valence-corrected chi connectivity index (χ0v) is 29.3. The Morgan fingerprint density at radius 3 is 1.62 bits per heavy atom. The maximum Gasteiger partial charge on any atom is 0.143 e. The second kappa shape index (κ2) is 11.7. The van der Waals surface area contributed by atoms with Gasteiger partial charge in [0, 0.05) is 38.8 Å². The molecule has 4 fully saturated rings. The molecule has 0 atom stereocenters. The van der Waals surface area contributed by atoms with Crippen LogP contribution < -0.4 is 4.90 Å². The zero-order chi connectivity index (χ0) is 34.2. The summed E-state index contributed by atoms with van der Waals surface area (Å²) < 4.78 is 7.06. The van der Waals surface area contributed by atoms with Gasteiger partial charge in [-0.15, -0.1) is 0 Å². The molecular weight excluding hydrogens is 631 g/mol. The fourth-order valence-electron chi connectivity index (χ4n) is 11.0. The highest BCUT2D eigenvalue weighted by Crippen LogP contribution is 2.60. The number of fused-ring (bicyclic) bond motifs is 6. The molecule has 0 amide bonds. The third-order valence-corrected chi connectivity index (χ3v) is 12.7. The molecular formula is C50H41NO. The molecule has 0 radical (unpaired) electrons. The quantitative estimate of drug-likeness (QED) is 0.164. The first-order chi connectivity index (χ1) is 25.7. The van der Waals surface area contributed by atoms with E-state index >= 15 is 0 Å². The molecule has 8 aromatic rings. The highest BCUT2D eigenvalue weighted by molar-refractivity contribution is 6.28. The molecule has 0 N–H and O–H groups in total. The van der Waals surface area contributed by atoms with Crippen molar-refractivity contribution in [2.75, 3.05) is 4.90 Å². The average molecular weight is 672 g/mol. The number of anilines is 2. The Labute approximate surface area is 305 Å². The predicted octanol–water partition coefficient (Wildman–Crippen LogP) is 13.8. The van der Waals surface area contributed by atoms with Gasteiger partial charge in [-0.3, -0.25) is 0 Å². The van der Waals surface area contributed by atoms with E-state index in [2.05, 4.69) is 163 Å². The van der Waals surface area contributed by atoms with Gasteiger partial charge < -0.3 is 9.32 Å². The van der Waals surface area contributed by atoms with E-state index in [0.29, 0.717) is 0 Å². The fraction of sp³-hybridized carbons (Fsp3) is 0.200. The Morgan fingerprint density at radius 1 is 0.442 bits per heavy atom. The second-order valence-corrected chi connectivity index (χ2v) is 15.9. The molecule has 0 aliphatic heterocycles. The number of para-hydroxylation sites is 1. The highest BCUT2D eigenvalue weighted by Gasteiger charge is 2.54. The van der Waals surface area contributed by atoms with Gasteiger partial charge >= 0.3 is 0 Å². The van der Waals surface area contributed by atoms with E-state index in [1.54, 1.807) is 0 Å². The molecule has 52 heavy (non-hydrogen) atoms. The summed E-state index contributed by atoms with van der Waals surface area (Å²) in [5.74, 6) is 3.57. The van der Waals surface area contributed by atoms with E-state index in [0.717, 1.165) is 45.6 Å². The average Bonchev–Trinajstić information content (AvgIpc) is 3.60. The lowest BCUT2D eigenvalue weighted by molar-refractivity contribution is 0.000557. The van der Waals surface area contributed by atoms with Crippen molar-refractivity contribution in [3.8, 4) is 33.6 Å². The van der Waals surface area contributed by atoms with Crippen LogP contribution in [0.5, 0.6) is 0 Å². The molecule has 252 valence electrons. The van der Waals surface area contributed by atoms with Crippen LogP contribution in [-0.4, -0.2) is 5.54 Å². The summed E-state index contributed by atoms with van der Waals surface area (Å²) in [5, 5.41) is 6.01. The molecule has 0 unspecified atom stereocenters. The van der Waals surface area contributed by atoms with Crippen LogP contribution in [0.4, 0.5) is 11.4 Å². The topological polar surface area (TPSA) is 16.4 Å². The largest absolute Gasteiger partial charge is 0.455 e. The summed E-state index contributed by atoms with van der Waals surface area (Å²) in [7, 11) is 0. The molecule has 2 nitrogen and oxygen atoms in total. The Kier molecular flexibility index (Phi) is 6.77. The van der Waals surface area contributed by atoms with Crippen LogP contribution in [-0.2, 0) is 0 Å². The normalized spacial score (nSPS) is 22.0. The molecule has 1 aromatic heterocycles. The van der Waals surface area contributed by atoms with Crippen molar-refractivity contribution >= 4 is 43.9 Å². The van der Waals surface area contributed by atoms with Crippen molar-refractivity contribution in [3.63, 3.8) is 0 Å². The minimum atomic E-state index is 0.222. The monoisotopic (exact) mass is 671 g/mol. The summed E-state index contributed by atoms with van der Waals surface area (Å²) in [6.07, 6.45) is 8.30. The molecule has 4 aliphatic carbocycles. The van der Waals surface area contributed by atoms with Crippen LogP contribution in [0.1, 0.15) is 38.5 Å². The van der Waals surface area contributed by atoms with Crippen LogP contribution in [0, 0.1) is 17.8 Å². The van der Waals surface area contributed by atoms with Crippen LogP contribution in [0.25, 0.3) is 66.1 Å². The molecule has 4 saturated carbocycles. The van der Waals surface area contributed by atoms with Gasteiger partial charge in [-0.25, -0.2) is 0 Å². The number of furan rings is 1. The molecule has 0 spiro atoms. The van der Waals surface area contributed by atoms with Gasteiger partial charge in [0.05, 0.1) is 0 Å². The second-order valence-electron chi connectivity index (χ2n) is 15.9. The van der Waals surface area contributed by atoms with Crippen LogP contribution in [0.15, 0.2) is 162 Å². The number of nitrogens with zero attached hydrogens (tertiary/aromatic N) is 1. The summed E-state index contributed by atoms with van der Waals surface area (Å²) in [6.45, 7) is 0. The fourth-order valence-corrected chi connectivity index (χ4v) is 11.0. The lowest BCUT2D eigenvalue weighted by Gasteiger charge is -2.61. The van der Waals surface area contributed by atoms with Gasteiger partial charge in [0.1, 0.15) is 11.3 Å². The molecule has 12 rings (SSSR count). The summed E-state index contributed by atoms with van der Waals surface area (Å²) in [5.41, 5.74) is 9.65. The zero-order valence-electron chi connectivity index (χ0n) is 29.3. The van der Waals surface area contributed by atoms with Crippen molar-refractivity contribution in [1.82, 2.24) is 0 Å². The van der Waals surface area contributed by atoms with Gasteiger partial charge in [0.15, 0.2) is 0 Å². The summed E-state index contributed by atoms with van der Waals surface area (Å²) >= 11 is 0. The Morgan fingerprint density at radius 2 is 0.962 bits per heavy atom. The van der Waals surface area contributed by atoms with Crippen molar-refractivity contribution in [2.24, 2.45) is 17.8 Å². The number of benzene rings is 7. The van der Waals surface area contributed by atoms with Crippen molar-refractivity contribution in [2.45, 2.75) is 44.1 Å². The molecule has 4 aliphatic rings. The van der Waals surface area contributed by atoms with Gasteiger partial charge in [0.25, 0.3) is 0 Å². The lowest BCUT2D eigenvalue weighted by Crippen LogP contribution is -2.58. The van der Waals surface area contributed by atoms with Gasteiger partial charge in [-0.1, -0.05) is 127 Å². The predicted molar refractivity (Wildman–Crippen MR) is 217 cm³/mol. The smallest absolute Gasteiger partial charge is 0.143 e. The third-order valence-electron chi connectivity index (χ3n) is 12.7. The van der Waals surface area contributed by atoms with Crippen molar-refractivity contribution < 1.29 is 4.42 Å². The first-order valence-electron chi connectivity index (χ1n) is 19.2. The maximum absolute atomic E-state index is 7.06. The number of hydrogen-bond donors (Lipinski definition) is 0. The van der Waals surface area contributed by atoms with Gasteiger partial charge in [0.2, 0.25) is 0 Å².